The fraction of sp³-hybridized carbons (Fsp3) is 0.238. The van der Waals surface area contributed by atoms with Crippen LogP contribution < -0.4 is 10.3 Å². The molecule has 0 aliphatic carbocycles. The summed E-state index contributed by atoms with van der Waals surface area (Å²) in [4.78, 5) is 22.2. The molecule has 0 fully saturated rings. The molecule has 0 saturated carbocycles. The summed E-state index contributed by atoms with van der Waals surface area (Å²) in [6.45, 7) is 6.37. The summed E-state index contributed by atoms with van der Waals surface area (Å²) in [5.41, 5.74) is 2.68. The number of rotatable bonds is 6. The van der Waals surface area contributed by atoms with Crippen molar-refractivity contribution in [1.29, 1.82) is 0 Å². The molecule has 1 aliphatic rings. The van der Waals surface area contributed by atoms with E-state index in [0.29, 0.717) is 24.7 Å². The van der Waals surface area contributed by atoms with Gasteiger partial charge in [0.15, 0.2) is 11.6 Å². The van der Waals surface area contributed by atoms with Gasteiger partial charge in [-0.1, -0.05) is 24.8 Å². The van der Waals surface area contributed by atoms with E-state index >= 15 is 0 Å². The zero-order valence-corrected chi connectivity index (χ0v) is 15.0. The van der Waals surface area contributed by atoms with Crippen LogP contribution in [0.3, 0.4) is 0 Å². The molecule has 6 nitrogen and oxygen atoms in total. The van der Waals surface area contributed by atoms with Gasteiger partial charge in [0.05, 0.1) is 17.5 Å². The first-order valence-electron chi connectivity index (χ1n) is 8.94. The lowest BCUT2D eigenvalue weighted by molar-refractivity contribution is 0.241. The first kappa shape index (κ1) is 17.3. The van der Waals surface area contributed by atoms with E-state index in [0.717, 1.165) is 36.5 Å². The second-order valence-corrected chi connectivity index (χ2v) is 6.52. The zero-order valence-electron chi connectivity index (χ0n) is 15.0. The molecule has 0 atom stereocenters. The molecule has 6 heteroatoms. The molecule has 1 N–H and O–H groups in total. The highest BCUT2D eigenvalue weighted by Gasteiger charge is 2.22. The van der Waals surface area contributed by atoms with Gasteiger partial charge in [-0.25, -0.2) is 4.98 Å². The molecule has 3 aromatic rings. The maximum absolute atomic E-state index is 12.5. The lowest BCUT2D eigenvalue weighted by Gasteiger charge is -2.27. The van der Waals surface area contributed by atoms with Crippen molar-refractivity contribution < 1.29 is 9.15 Å². The molecule has 27 heavy (non-hydrogen) atoms. The fourth-order valence-electron chi connectivity index (χ4n) is 3.25. The van der Waals surface area contributed by atoms with Crippen LogP contribution in [0, 0.1) is 0 Å². The van der Waals surface area contributed by atoms with Gasteiger partial charge in [-0.2, -0.15) is 0 Å². The maximum Gasteiger partial charge on any atom is 0.256 e. The fourth-order valence-corrected chi connectivity index (χ4v) is 3.25. The van der Waals surface area contributed by atoms with Gasteiger partial charge in [-0.3, -0.25) is 9.69 Å². The Balaban J connectivity index is 1.47. The van der Waals surface area contributed by atoms with E-state index in [1.807, 2.05) is 12.1 Å². The zero-order chi connectivity index (χ0) is 18.6. The average molecular weight is 363 g/mol. The molecule has 0 radical (unpaired) electrons. The van der Waals surface area contributed by atoms with Gasteiger partial charge < -0.3 is 14.1 Å². The minimum absolute atomic E-state index is 0.0933. The summed E-state index contributed by atoms with van der Waals surface area (Å²) < 4.78 is 10.9. The van der Waals surface area contributed by atoms with Crippen molar-refractivity contribution >= 4 is 0 Å². The number of hydrogen-bond donors (Lipinski definition) is 1. The summed E-state index contributed by atoms with van der Waals surface area (Å²) in [5.74, 6) is 1.90. The van der Waals surface area contributed by atoms with Gasteiger partial charge in [0, 0.05) is 26.1 Å². The molecule has 3 heterocycles. The Hall–Kier alpha value is -3.12. The molecule has 0 bridgehead atoms. The number of ether oxygens (including phenoxy) is 1. The summed E-state index contributed by atoms with van der Waals surface area (Å²) in [7, 11) is 0. The van der Waals surface area contributed by atoms with Gasteiger partial charge in [-0.15, -0.1) is 0 Å². The van der Waals surface area contributed by atoms with Crippen LogP contribution in [0.1, 0.15) is 16.8 Å². The normalized spacial score (nSPS) is 13.9. The van der Waals surface area contributed by atoms with Crippen molar-refractivity contribution in [3.63, 3.8) is 0 Å². The highest BCUT2D eigenvalue weighted by atomic mass is 16.5. The van der Waals surface area contributed by atoms with E-state index < -0.39 is 0 Å². The Morgan fingerprint density at radius 1 is 1.30 bits per heavy atom. The molecule has 4 rings (SSSR count). The molecule has 1 aromatic carbocycles. The Morgan fingerprint density at radius 2 is 2.15 bits per heavy atom. The lowest BCUT2D eigenvalue weighted by atomic mass is 10.1. The lowest BCUT2D eigenvalue weighted by Crippen LogP contribution is -2.35. The van der Waals surface area contributed by atoms with Crippen molar-refractivity contribution in [2.45, 2.75) is 19.5 Å². The van der Waals surface area contributed by atoms with E-state index in [4.69, 9.17) is 9.15 Å². The number of hydrogen-bond acceptors (Lipinski definition) is 5. The number of nitrogens with one attached hydrogen (secondary N) is 1. The summed E-state index contributed by atoms with van der Waals surface area (Å²) in [5, 5.41) is 0. The molecular weight excluding hydrogens is 342 g/mol. The second kappa shape index (κ2) is 7.63. The Morgan fingerprint density at radius 3 is 2.89 bits per heavy atom. The number of furan rings is 1. The smallest absolute Gasteiger partial charge is 0.256 e. The van der Waals surface area contributed by atoms with Crippen LogP contribution in [0.5, 0.6) is 5.75 Å². The molecular formula is C21H21N3O3. The van der Waals surface area contributed by atoms with Gasteiger partial charge in [0.25, 0.3) is 5.56 Å². The SMILES string of the molecule is C=CCOc1ccc(CN2CCc3nc(-c4ccco4)[nH]c(=O)c3C2)cc1. The average Bonchev–Trinajstić information content (AvgIpc) is 3.23. The number of aromatic nitrogens is 2. The summed E-state index contributed by atoms with van der Waals surface area (Å²) in [6.07, 6.45) is 4.04. The van der Waals surface area contributed by atoms with E-state index in [-0.39, 0.29) is 5.56 Å². The Kier molecular flexibility index (Phi) is 4.89. The van der Waals surface area contributed by atoms with Gasteiger partial charge >= 0.3 is 0 Å². The number of nitrogens with zero attached hydrogens (tertiary/aromatic N) is 2. The molecule has 2 aromatic heterocycles. The van der Waals surface area contributed by atoms with E-state index in [9.17, 15) is 4.79 Å². The summed E-state index contributed by atoms with van der Waals surface area (Å²) in [6, 6.07) is 11.6. The van der Waals surface area contributed by atoms with Gasteiger partial charge in [0.1, 0.15) is 12.4 Å². The molecule has 0 amide bonds. The van der Waals surface area contributed by atoms with Gasteiger partial charge in [0.2, 0.25) is 0 Å². The van der Waals surface area contributed by atoms with E-state index in [1.54, 1.807) is 24.5 Å². The van der Waals surface area contributed by atoms with Gasteiger partial charge in [-0.05, 0) is 29.8 Å². The van der Waals surface area contributed by atoms with Crippen molar-refractivity contribution in [3.8, 4) is 17.3 Å². The molecule has 0 unspecified atom stereocenters. The highest BCUT2D eigenvalue weighted by Crippen LogP contribution is 2.21. The molecule has 1 aliphatic heterocycles. The third kappa shape index (κ3) is 3.85. The third-order valence-electron chi connectivity index (χ3n) is 4.60. The predicted molar refractivity (Wildman–Crippen MR) is 103 cm³/mol. The van der Waals surface area contributed by atoms with E-state index in [1.165, 1.54) is 5.56 Å². The first-order valence-corrected chi connectivity index (χ1v) is 8.94. The topological polar surface area (TPSA) is 71.4 Å². The number of benzene rings is 1. The van der Waals surface area contributed by atoms with Crippen LogP contribution in [0.15, 0.2) is 64.5 Å². The molecule has 0 spiro atoms. The number of H-pyrrole nitrogens is 1. The first-order chi connectivity index (χ1) is 13.2. The minimum atomic E-state index is -0.0933. The quantitative estimate of drug-likeness (QED) is 0.681. The maximum atomic E-state index is 12.5. The van der Waals surface area contributed by atoms with E-state index in [2.05, 4.69) is 33.6 Å². The third-order valence-corrected chi connectivity index (χ3v) is 4.60. The van der Waals surface area contributed by atoms with Crippen LogP contribution in [0.4, 0.5) is 0 Å². The minimum Gasteiger partial charge on any atom is -0.490 e. The Labute approximate surface area is 157 Å². The van der Waals surface area contributed by atoms with Crippen LogP contribution >= 0.6 is 0 Å². The van der Waals surface area contributed by atoms with Crippen molar-refractivity contribution in [2.75, 3.05) is 13.2 Å². The highest BCUT2D eigenvalue weighted by molar-refractivity contribution is 5.47. The van der Waals surface area contributed by atoms with Crippen molar-refractivity contribution in [3.05, 3.63) is 82.5 Å². The second-order valence-electron chi connectivity index (χ2n) is 6.52. The Bertz CT molecular complexity index is 975. The van der Waals surface area contributed by atoms with Crippen LogP contribution in [-0.4, -0.2) is 28.0 Å². The van der Waals surface area contributed by atoms with Crippen LogP contribution in [-0.2, 0) is 19.5 Å². The standard InChI is InChI=1S/C21H21N3O3/c1-2-11-26-16-7-5-15(6-8-16)13-24-10-9-18-17(14-24)21(25)23-20(22-18)19-4-3-12-27-19/h2-8,12H,1,9-11,13-14H2,(H,22,23,25). The predicted octanol–water partition coefficient (Wildman–Crippen LogP) is 3.15. The van der Waals surface area contributed by atoms with Crippen LogP contribution in [0.25, 0.3) is 11.6 Å². The largest absolute Gasteiger partial charge is 0.490 e. The van der Waals surface area contributed by atoms with Crippen molar-refractivity contribution in [2.24, 2.45) is 0 Å². The number of fused-ring (bicyclic) bond motifs is 1. The molecule has 0 saturated heterocycles. The summed E-state index contributed by atoms with van der Waals surface area (Å²) >= 11 is 0. The molecule has 138 valence electrons. The number of aromatic amines is 1. The van der Waals surface area contributed by atoms with Crippen molar-refractivity contribution in [1.82, 2.24) is 14.9 Å². The monoisotopic (exact) mass is 363 g/mol. The van der Waals surface area contributed by atoms with Crippen LogP contribution in [0.2, 0.25) is 0 Å².